The predicted octanol–water partition coefficient (Wildman–Crippen LogP) is 3.55. The second kappa shape index (κ2) is 6.61. The molecule has 0 bridgehead atoms. The fourth-order valence-electron chi connectivity index (χ4n) is 2.94. The van der Waals surface area contributed by atoms with Crippen LogP contribution in [0.15, 0.2) is 30.3 Å². The average molecular weight is 329 g/mol. The molecule has 0 aliphatic carbocycles. The number of morpholine rings is 1. The molecular formula is C19H20FNO3. The number of carbonyl (C=O) groups excluding carboxylic acids is 1. The molecule has 1 saturated heterocycles. The highest BCUT2D eigenvalue weighted by Gasteiger charge is 2.20. The zero-order valence-corrected chi connectivity index (χ0v) is 13.8. The Hall–Kier alpha value is -2.40. The lowest BCUT2D eigenvalue weighted by atomic mass is 9.96. The predicted molar refractivity (Wildman–Crippen MR) is 91.3 cm³/mol. The SMILES string of the molecule is CC(=O)c1ccc(N2CCOCC2)c(-c2ccc(F)c(C)c2O)c1. The Morgan fingerprint density at radius 2 is 1.88 bits per heavy atom. The fourth-order valence-corrected chi connectivity index (χ4v) is 2.94. The van der Waals surface area contributed by atoms with E-state index in [2.05, 4.69) is 4.90 Å². The van der Waals surface area contributed by atoms with Crippen LogP contribution in [0, 0.1) is 12.7 Å². The average Bonchev–Trinajstić information content (AvgIpc) is 2.60. The molecule has 4 nitrogen and oxygen atoms in total. The number of ketones is 1. The maximum Gasteiger partial charge on any atom is 0.159 e. The monoisotopic (exact) mass is 329 g/mol. The zero-order chi connectivity index (χ0) is 17.3. The van der Waals surface area contributed by atoms with Crippen molar-refractivity contribution >= 4 is 11.5 Å². The number of hydrogen-bond donors (Lipinski definition) is 1. The molecule has 0 spiro atoms. The lowest BCUT2D eigenvalue weighted by Gasteiger charge is -2.31. The normalized spacial score (nSPS) is 14.7. The number of nitrogens with zero attached hydrogens (tertiary/aromatic N) is 1. The van der Waals surface area contributed by atoms with Gasteiger partial charge in [0.2, 0.25) is 0 Å². The number of hydrogen-bond acceptors (Lipinski definition) is 4. The van der Waals surface area contributed by atoms with Crippen molar-refractivity contribution in [1.29, 1.82) is 0 Å². The van der Waals surface area contributed by atoms with E-state index in [1.807, 2.05) is 6.07 Å². The summed E-state index contributed by atoms with van der Waals surface area (Å²) in [6.07, 6.45) is 0. The van der Waals surface area contributed by atoms with Gasteiger partial charge in [0.25, 0.3) is 0 Å². The van der Waals surface area contributed by atoms with Gasteiger partial charge in [0, 0.05) is 41.0 Å². The largest absolute Gasteiger partial charge is 0.507 e. The van der Waals surface area contributed by atoms with E-state index in [1.54, 1.807) is 18.2 Å². The summed E-state index contributed by atoms with van der Waals surface area (Å²) in [6.45, 7) is 5.76. The molecule has 126 valence electrons. The van der Waals surface area contributed by atoms with Crippen LogP contribution in [0.1, 0.15) is 22.8 Å². The van der Waals surface area contributed by atoms with Gasteiger partial charge in [-0.1, -0.05) is 0 Å². The third-order valence-electron chi connectivity index (χ3n) is 4.41. The topological polar surface area (TPSA) is 49.8 Å². The minimum Gasteiger partial charge on any atom is -0.507 e. The fraction of sp³-hybridized carbons (Fsp3) is 0.316. The molecule has 1 aliphatic rings. The minimum atomic E-state index is -0.452. The number of halogens is 1. The molecule has 0 aromatic heterocycles. The summed E-state index contributed by atoms with van der Waals surface area (Å²) < 4.78 is 19.1. The number of aromatic hydroxyl groups is 1. The van der Waals surface area contributed by atoms with Gasteiger partial charge in [-0.05, 0) is 44.2 Å². The second-order valence-corrected chi connectivity index (χ2v) is 5.96. The first-order chi connectivity index (χ1) is 11.5. The van der Waals surface area contributed by atoms with Crippen molar-refractivity contribution in [1.82, 2.24) is 0 Å². The third-order valence-corrected chi connectivity index (χ3v) is 4.41. The summed E-state index contributed by atoms with van der Waals surface area (Å²) in [7, 11) is 0. The van der Waals surface area contributed by atoms with E-state index in [4.69, 9.17) is 4.74 Å². The Kier molecular flexibility index (Phi) is 4.53. The van der Waals surface area contributed by atoms with E-state index in [0.717, 1.165) is 24.3 Å². The van der Waals surface area contributed by atoms with Crippen LogP contribution in [0.3, 0.4) is 0 Å². The van der Waals surface area contributed by atoms with E-state index in [-0.39, 0.29) is 17.1 Å². The number of carbonyl (C=O) groups is 1. The Balaban J connectivity index is 2.18. The number of ether oxygens (including phenoxy) is 1. The molecule has 0 atom stereocenters. The van der Waals surface area contributed by atoms with E-state index in [0.29, 0.717) is 24.3 Å². The molecule has 0 saturated carbocycles. The first-order valence-electron chi connectivity index (χ1n) is 7.95. The molecule has 1 fully saturated rings. The van der Waals surface area contributed by atoms with Gasteiger partial charge in [-0.3, -0.25) is 4.79 Å². The smallest absolute Gasteiger partial charge is 0.159 e. The standard InChI is InChI=1S/C19H20FNO3/c1-12-17(20)5-4-15(19(12)23)16-11-14(13(2)22)3-6-18(16)21-7-9-24-10-8-21/h3-6,11,23H,7-10H2,1-2H3. The van der Waals surface area contributed by atoms with Crippen LogP contribution in [-0.2, 0) is 4.74 Å². The van der Waals surface area contributed by atoms with E-state index in [9.17, 15) is 14.3 Å². The van der Waals surface area contributed by atoms with Crippen LogP contribution >= 0.6 is 0 Å². The number of phenolic OH excluding ortho intramolecular Hbond substituents is 1. The van der Waals surface area contributed by atoms with E-state index >= 15 is 0 Å². The molecule has 2 aromatic carbocycles. The Morgan fingerprint density at radius 1 is 1.17 bits per heavy atom. The Labute approximate surface area is 140 Å². The summed E-state index contributed by atoms with van der Waals surface area (Å²) in [5.74, 6) is -0.597. The summed E-state index contributed by atoms with van der Waals surface area (Å²) in [5.41, 5.74) is 2.92. The number of benzene rings is 2. The van der Waals surface area contributed by atoms with Gasteiger partial charge < -0.3 is 14.7 Å². The van der Waals surface area contributed by atoms with Gasteiger partial charge in [-0.2, -0.15) is 0 Å². The number of Topliss-reactive ketones (excluding diaryl/α,β-unsaturated/α-hetero) is 1. The van der Waals surface area contributed by atoms with Crippen LogP contribution in [-0.4, -0.2) is 37.2 Å². The van der Waals surface area contributed by atoms with Gasteiger partial charge in [-0.15, -0.1) is 0 Å². The maximum absolute atomic E-state index is 13.7. The number of anilines is 1. The lowest BCUT2D eigenvalue weighted by Crippen LogP contribution is -2.36. The highest BCUT2D eigenvalue weighted by atomic mass is 19.1. The van der Waals surface area contributed by atoms with Crippen LogP contribution in [0.5, 0.6) is 5.75 Å². The molecule has 3 rings (SSSR count). The van der Waals surface area contributed by atoms with Gasteiger partial charge in [0.1, 0.15) is 11.6 Å². The lowest BCUT2D eigenvalue weighted by molar-refractivity contribution is 0.101. The van der Waals surface area contributed by atoms with Crippen molar-refractivity contribution in [2.24, 2.45) is 0 Å². The first kappa shape index (κ1) is 16.5. The molecule has 1 aliphatic heterocycles. The van der Waals surface area contributed by atoms with E-state index < -0.39 is 5.82 Å². The van der Waals surface area contributed by atoms with Gasteiger partial charge in [0.15, 0.2) is 5.78 Å². The summed E-state index contributed by atoms with van der Waals surface area (Å²) in [5, 5.41) is 10.4. The highest BCUT2D eigenvalue weighted by Crippen LogP contribution is 2.39. The quantitative estimate of drug-likeness (QED) is 0.875. The summed E-state index contributed by atoms with van der Waals surface area (Å²) in [6, 6.07) is 8.33. The zero-order valence-electron chi connectivity index (χ0n) is 13.8. The van der Waals surface area contributed by atoms with Crippen molar-refractivity contribution < 1.29 is 19.0 Å². The van der Waals surface area contributed by atoms with Crippen LogP contribution in [0.2, 0.25) is 0 Å². The summed E-state index contributed by atoms with van der Waals surface area (Å²) in [4.78, 5) is 13.9. The van der Waals surface area contributed by atoms with Crippen molar-refractivity contribution in [2.75, 3.05) is 31.2 Å². The summed E-state index contributed by atoms with van der Waals surface area (Å²) >= 11 is 0. The Bertz CT molecular complexity index is 782. The second-order valence-electron chi connectivity index (χ2n) is 5.96. The molecular weight excluding hydrogens is 309 g/mol. The highest BCUT2D eigenvalue weighted by molar-refractivity contribution is 5.97. The first-order valence-corrected chi connectivity index (χ1v) is 7.95. The number of phenols is 1. The van der Waals surface area contributed by atoms with Crippen molar-refractivity contribution in [3.05, 3.63) is 47.3 Å². The van der Waals surface area contributed by atoms with Crippen LogP contribution in [0.4, 0.5) is 10.1 Å². The van der Waals surface area contributed by atoms with Crippen LogP contribution < -0.4 is 4.90 Å². The van der Waals surface area contributed by atoms with Crippen molar-refractivity contribution in [3.8, 4) is 16.9 Å². The number of rotatable bonds is 3. The Morgan fingerprint density at radius 3 is 2.54 bits per heavy atom. The molecule has 1 heterocycles. The molecule has 0 radical (unpaired) electrons. The maximum atomic E-state index is 13.7. The van der Waals surface area contributed by atoms with Crippen molar-refractivity contribution in [2.45, 2.75) is 13.8 Å². The molecule has 1 N–H and O–H groups in total. The van der Waals surface area contributed by atoms with Gasteiger partial charge in [0.05, 0.1) is 13.2 Å². The molecule has 5 heteroatoms. The van der Waals surface area contributed by atoms with Crippen LogP contribution in [0.25, 0.3) is 11.1 Å². The van der Waals surface area contributed by atoms with Crippen molar-refractivity contribution in [3.63, 3.8) is 0 Å². The van der Waals surface area contributed by atoms with Gasteiger partial charge in [-0.25, -0.2) is 4.39 Å². The molecule has 0 amide bonds. The molecule has 2 aromatic rings. The molecule has 0 unspecified atom stereocenters. The molecule has 24 heavy (non-hydrogen) atoms. The van der Waals surface area contributed by atoms with E-state index in [1.165, 1.54) is 19.9 Å². The van der Waals surface area contributed by atoms with Gasteiger partial charge >= 0.3 is 0 Å². The third kappa shape index (κ3) is 2.99. The minimum absolute atomic E-state index is 0.0527.